The highest BCUT2D eigenvalue weighted by atomic mass is 16.1. The van der Waals surface area contributed by atoms with Crippen molar-refractivity contribution in [1.82, 2.24) is 5.32 Å². The second kappa shape index (κ2) is 2.81. The molecule has 0 radical (unpaired) electrons. The molecular weight excluding hydrogens is 140 g/mol. The molecule has 1 aliphatic carbocycles. The van der Waals surface area contributed by atoms with Crippen LogP contribution in [0.3, 0.4) is 0 Å². The highest BCUT2D eigenvalue weighted by molar-refractivity contribution is 5.88. The number of hydrogen-bond acceptors (Lipinski definition) is 2. The van der Waals surface area contributed by atoms with Crippen LogP contribution in [-0.2, 0) is 4.79 Å². The van der Waals surface area contributed by atoms with E-state index in [1.165, 1.54) is 0 Å². The van der Waals surface area contributed by atoms with Crippen molar-refractivity contribution in [3.8, 4) is 0 Å². The minimum absolute atomic E-state index is 0.196. The van der Waals surface area contributed by atoms with E-state index < -0.39 is 0 Å². The Morgan fingerprint density at radius 3 is 2.73 bits per heavy atom. The Labute approximate surface area is 67.3 Å². The second-order valence-electron chi connectivity index (χ2n) is 3.28. The molecule has 1 amide bonds. The lowest BCUT2D eigenvalue weighted by molar-refractivity contribution is -0.121. The van der Waals surface area contributed by atoms with Crippen molar-refractivity contribution in [2.24, 2.45) is 11.7 Å². The summed E-state index contributed by atoms with van der Waals surface area (Å²) in [6.07, 6.45) is 3.15. The standard InChI is InChI=1S/C8H16N2O/c1-3-4-6-5-8(6,10-2)7(9)11/h6,10H,3-5H2,1-2H3,(H2,9,11). The summed E-state index contributed by atoms with van der Waals surface area (Å²) >= 11 is 0. The van der Waals surface area contributed by atoms with Gasteiger partial charge in [-0.1, -0.05) is 13.3 Å². The zero-order valence-corrected chi connectivity index (χ0v) is 7.18. The van der Waals surface area contributed by atoms with Crippen molar-refractivity contribution < 1.29 is 4.79 Å². The van der Waals surface area contributed by atoms with Crippen LogP contribution in [0.1, 0.15) is 26.2 Å². The molecule has 0 bridgehead atoms. The average molecular weight is 156 g/mol. The SMILES string of the molecule is CCCC1CC1(NC)C(N)=O. The van der Waals surface area contributed by atoms with Gasteiger partial charge in [0.05, 0.1) is 0 Å². The van der Waals surface area contributed by atoms with Crippen LogP contribution in [0.2, 0.25) is 0 Å². The lowest BCUT2D eigenvalue weighted by Crippen LogP contribution is -2.43. The lowest BCUT2D eigenvalue weighted by atomic mass is 10.1. The van der Waals surface area contributed by atoms with E-state index >= 15 is 0 Å². The molecule has 1 fully saturated rings. The molecule has 0 spiro atoms. The van der Waals surface area contributed by atoms with Gasteiger partial charge in [-0.2, -0.15) is 0 Å². The van der Waals surface area contributed by atoms with E-state index in [0.717, 1.165) is 19.3 Å². The molecule has 0 heterocycles. The average Bonchev–Trinajstić information content (AvgIpc) is 2.65. The van der Waals surface area contributed by atoms with Crippen LogP contribution in [0.4, 0.5) is 0 Å². The molecular formula is C8H16N2O. The second-order valence-corrected chi connectivity index (χ2v) is 3.28. The van der Waals surface area contributed by atoms with Crippen LogP contribution in [0, 0.1) is 5.92 Å². The van der Waals surface area contributed by atoms with E-state index in [9.17, 15) is 4.79 Å². The number of primary amides is 1. The summed E-state index contributed by atoms with van der Waals surface area (Å²) in [5.74, 6) is 0.286. The van der Waals surface area contributed by atoms with Gasteiger partial charge in [0.15, 0.2) is 0 Å². The highest BCUT2D eigenvalue weighted by Crippen LogP contribution is 2.45. The summed E-state index contributed by atoms with van der Waals surface area (Å²) in [4.78, 5) is 11.0. The molecule has 3 N–H and O–H groups in total. The fourth-order valence-electron chi connectivity index (χ4n) is 1.76. The summed E-state index contributed by atoms with van der Waals surface area (Å²) in [5, 5.41) is 3.01. The Hall–Kier alpha value is -0.570. The largest absolute Gasteiger partial charge is 0.368 e. The third-order valence-electron chi connectivity index (χ3n) is 2.63. The summed E-state index contributed by atoms with van der Waals surface area (Å²) in [6, 6.07) is 0. The van der Waals surface area contributed by atoms with Crippen LogP contribution in [0.5, 0.6) is 0 Å². The van der Waals surface area contributed by atoms with Crippen LogP contribution >= 0.6 is 0 Å². The van der Waals surface area contributed by atoms with E-state index in [0.29, 0.717) is 5.92 Å². The molecule has 1 aliphatic rings. The highest BCUT2D eigenvalue weighted by Gasteiger charge is 2.57. The van der Waals surface area contributed by atoms with E-state index in [1.54, 1.807) is 7.05 Å². The molecule has 0 aromatic rings. The molecule has 2 atom stereocenters. The number of rotatable bonds is 4. The van der Waals surface area contributed by atoms with E-state index in [4.69, 9.17) is 5.73 Å². The Kier molecular flexibility index (Phi) is 2.18. The Morgan fingerprint density at radius 1 is 1.82 bits per heavy atom. The molecule has 1 saturated carbocycles. The summed E-state index contributed by atoms with van der Waals surface area (Å²) in [5.41, 5.74) is 4.91. The van der Waals surface area contributed by atoms with Gasteiger partial charge in [-0.05, 0) is 25.8 Å². The first-order valence-corrected chi connectivity index (χ1v) is 4.16. The van der Waals surface area contributed by atoms with Crippen molar-refractivity contribution in [2.75, 3.05) is 7.05 Å². The van der Waals surface area contributed by atoms with Crippen LogP contribution in [0.15, 0.2) is 0 Å². The van der Waals surface area contributed by atoms with Gasteiger partial charge in [-0.3, -0.25) is 4.79 Å². The molecule has 3 heteroatoms. The fourth-order valence-corrected chi connectivity index (χ4v) is 1.76. The summed E-state index contributed by atoms with van der Waals surface area (Å²) in [6.45, 7) is 2.12. The third kappa shape index (κ3) is 1.25. The predicted molar refractivity (Wildman–Crippen MR) is 44.0 cm³/mol. The van der Waals surface area contributed by atoms with Gasteiger partial charge in [0.1, 0.15) is 5.54 Å². The molecule has 0 aromatic carbocycles. The molecule has 0 aromatic heterocycles. The minimum Gasteiger partial charge on any atom is -0.368 e. The first kappa shape index (κ1) is 8.53. The quantitative estimate of drug-likeness (QED) is 0.613. The fraction of sp³-hybridized carbons (Fsp3) is 0.875. The number of carbonyl (C=O) groups excluding carboxylic acids is 1. The molecule has 11 heavy (non-hydrogen) atoms. The maximum Gasteiger partial charge on any atom is 0.238 e. The maximum absolute atomic E-state index is 11.0. The molecule has 2 unspecified atom stereocenters. The van der Waals surface area contributed by atoms with Crippen molar-refractivity contribution in [3.63, 3.8) is 0 Å². The Morgan fingerprint density at radius 2 is 2.45 bits per heavy atom. The summed E-state index contributed by atoms with van der Waals surface area (Å²) < 4.78 is 0. The Bertz CT molecular complexity index is 169. The molecule has 0 saturated heterocycles. The first-order valence-electron chi connectivity index (χ1n) is 4.16. The number of hydrogen-bond donors (Lipinski definition) is 2. The van der Waals surface area contributed by atoms with Gasteiger partial charge in [0.2, 0.25) is 5.91 Å². The van der Waals surface area contributed by atoms with Gasteiger partial charge in [-0.25, -0.2) is 0 Å². The van der Waals surface area contributed by atoms with Crippen molar-refractivity contribution >= 4 is 5.91 Å². The number of nitrogens with one attached hydrogen (secondary N) is 1. The lowest BCUT2D eigenvalue weighted by Gasteiger charge is -2.10. The molecule has 1 rings (SSSR count). The van der Waals surface area contributed by atoms with Crippen LogP contribution < -0.4 is 11.1 Å². The van der Waals surface area contributed by atoms with E-state index in [2.05, 4.69) is 12.2 Å². The van der Waals surface area contributed by atoms with Crippen LogP contribution in [-0.4, -0.2) is 18.5 Å². The zero-order chi connectivity index (χ0) is 8.48. The van der Waals surface area contributed by atoms with Crippen LogP contribution in [0.25, 0.3) is 0 Å². The third-order valence-corrected chi connectivity index (χ3v) is 2.63. The minimum atomic E-state index is -0.351. The van der Waals surface area contributed by atoms with Gasteiger partial charge in [-0.15, -0.1) is 0 Å². The predicted octanol–water partition coefficient (Wildman–Crippen LogP) is 0.250. The molecule has 3 nitrogen and oxygen atoms in total. The van der Waals surface area contributed by atoms with Crippen molar-refractivity contribution in [1.29, 1.82) is 0 Å². The number of likely N-dealkylation sites (N-methyl/N-ethyl adjacent to an activating group) is 1. The number of carbonyl (C=O) groups is 1. The monoisotopic (exact) mass is 156 g/mol. The number of nitrogens with two attached hydrogens (primary N) is 1. The van der Waals surface area contributed by atoms with Gasteiger partial charge < -0.3 is 11.1 Å². The topological polar surface area (TPSA) is 55.1 Å². The normalized spacial score (nSPS) is 35.3. The van der Waals surface area contributed by atoms with E-state index in [1.807, 2.05) is 0 Å². The van der Waals surface area contributed by atoms with E-state index in [-0.39, 0.29) is 11.4 Å². The van der Waals surface area contributed by atoms with Crippen molar-refractivity contribution in [2.45, 2.75) is 31.7 Å². The molecule has 0 aliphatic heterocycles. The summed E-state index contributed by atoms with van der Waals surface area (Å²) in [7, 11) is 1.81. The van der Waals surface area contributed by atoms with Gasteiger partial charge >= 0.3 is 0 Å². The number of amides is 1. The smallest absolute Gasteiger partial charge is 0.238 e. The molecule has 64 valence electrons. The first-order chi connectivity index (χ1) is 5.17. The Balaban J connectivity index is 2.49. The maximum atomic E-state index is 11.0. The zero-order valence-electron chi connectivity index (χ0n) is 7.18. The van der Waals surface area contributed by atoms with Gasteiger partial charge in [0.25, 0.3) is 0 Å². The van der Waals surface area contributed by atoms with Crippen molar-refractivity contribution in [3.05, 3.63) is 0 Å². The van der Waals surface area contributed by atoms with Gasteiger partial charge in [0, 0.05) is 0 Å².